The van der Waals surface area contributed by atoms with Gasteiger partial charge in [-0.3, -0.25) is 10.3 Å². The highest BCUT2D eigenvalue weighted by Crippen LogP contribution is 2.22. The Bertz CT molecular complexity index is 370. The van der Waals surface area contributed by atoms with E-state index in [-0.39, 0.29) is 5.41 Å². The Morgan fingerprint density at radius 3 is 2.75 bits per heavy atom. The van der Waals surface area contributed by atoms with Gasteiger partial charge in [-0.25, -0.2) is 4.79 Å². The first kappa shape index (κ1) is 12.5. The van der Waals surface area contributed by atoms with E-state index in [1.54, 1.807) is 19.2 Å². The number of hydrogen-bond acceptors (Lipinski definition) is 3. The minimum atomic E-state index is -0.437. The fourth-order valence-electron chi connectivity index (χ4n) is 1.20. The molecule has 0 atom stereocenters. The molecule has 0 aromatic carbocycles. The van der Waals surface area contributed by atoms with Gasteiger partial charge in [-0.1, -0.05) is 20.8 Å². The van der Waals surface area contributed by atoms with Crippen LogP contribution in [0.3, 0.4) is 0 Å². The lowest BCUT2D eigenvalue weighted by atomic mass is 9.91. The van der Waals surface area contributed by atoms with Crippen molar-refractivity contribution in [1.29, 1.82) is 0 Å². The van der Waals surface area contributed by atoms with Gasteiger partial charge in [-0.15, -0.1) is 0 Å². The Morgan fingerprint density at radius 1 is 1.50 bits per heavy atom. The number of aromatic nitrogens is 1. The molecule has 0 aliphatic carbocycles. The summed E-state index contributed by atoms with van der Waals surface area (Å²) in [6.07, 6.45) is 1.25. The maximum Gasteiger partial charge on any atom is 0.411 e. The van der Waals surface area contributed by atoms with Crippen molar-refractivity contribution in [2.75, 3.05) is 11.9 Å². The van der Waals surface area contributed by atoms with Gasteiger partial charge in [0.05, 0.1) is 6.61 Å². The summed E-state index contributed by atoms with van der Waals surface area (Å²) in [6.45, 7) is 8.35. The predicted octanol–water partition coefficient (Wildman–Crippen LogP) is 2.95. The van der Waals surface area contributed by atoms with Crippen LogP contribution in [-0.2, 0) is 10.2 Å². The van der Waals surface area contributed by atoms with Gasteiger partial charge in [-0.05, 0) is 19.1 Å². The van der Waals surface area contributed by atoms with Crippen molar-refractivity contribution in [2.24, 2.45) is 0 Å². The molecule has 16 heavy (non-hydrogen) atoms. The molecule has 88 valence electrons. The highest BCUT2D eigenvalue weighted by molar-refractivity contribution is 5.84. The molecule has 1 N–H and O–H groups in total. The van der Waals surface area contributed by atoms with E-state index in [1.807, 2.05) is 6.07 Å². The lowest BCUT2D eigenvalue weighted by molar-refractivity contribution is 0.168. The zero-order chi connectivity index (χ0) is 12.2. The summed E-state index contributed by atoms with van der Waals surface area (Å²) in [7, 11) is 0. The van der Waals surface area contributed by atoms with Crippen molar-refractivity contribution in [3.05, 3.63) is 24.0 Å². The van der Waals surface area contributed by atoms with Gasteiger partial charge in [0.15, 0.2) is 0 Å². The monoisotopic (exact) mass is 222 g/mol. The molecule has 4 nitrogen and oxygen atoms in total. The lowest BCUT2D eigenvalue weighted by Gasteiger charge is -2.18. The molecular weight excluding hydrogens is 204 g/mol. The molecule has 0 fully saturated rings. The molecule has 1 rings (SSSR count). The average Bonchev–Trinajstić information content (AvgIpc) is 2.17. The Balaban J connectivity index is 2.79. The Labute approximate surface area is 96.0 Å². The third-order valence-electron chi connectivity index (χ3n) is 2.05. The number of nitrogens with zero attached hydrogens (tertiary/aromatic N) is 1. The molecule has 1 amide bonds. The van der Waals surface area contributed by atoms with Gasteiger partial charge in [0.2, 0.25) is 0 Å². The number of pyridine rings is 1. The number of rotatable bonds is 2. The van der Waals surface area contributed by atoms with Crippen LogP contribution in [0.25, 0.3) is 0 Å². The number of carbonyl (C=O) groups is 1. The number of nitrogens with one attached hydrogen (secondary N) is 1. The van der Waals surface area contributed by atoms with E-state index in [4.69, 9.17) is 4.74 Å². The smallest absolute Gasteiger partial charge is 0.411 e. The maximum atomic E-state index is 11.2. The minimum absolute atomic E-state index is 0.0354. The zero-order valence-corrected chi connectivity index (χ0v) is 10.2. The molecule has 4 heteroatoms. The molecule has 0 spiro atoms. The second kappa shape index (κ2) is 4.96. The first-order valence-electron chi connectivity index (χ1n) is 5.34. The van der Waals surface area contributed by atoms with E-state index in [0.717, 1.165) is 5.69 Å². The largest absolute Gasteiger partial charge is 0.450 e. The van der Waals surface area contributed by atoms with Crippen LogP contribution < -0.4 is 5.32 Å². The summed E-state index contributed by atoms with van der Waals surface area (Å²) in [5.41, 5.74) is 1.60. The molecule has 0 saturated carbocycles. The topological polar surface area (TPSA) is 51.2 Å². The Morgan fingerprint density at radius 2 is 2.19 bits per heavy atom. The number of ether oxygens (including phenoxy) is 1. The van der Waals surface area contributed by atoms with Gasteiger partial charge >= 0.3 is 6.09 Å². The SMILES string of the molecule is CCOC(=O)Nc1ccnc(C(C)(C)C)c1. The van der Waals surface area contributed by atoms with Gasteiger partial charge in [0, 0.05) is 23.0 Å². The van der Waals surface area contributed by atoms with E-state index < -0.39 is 6.09 Å². The van der Waals surface area contributed by atoms with E-state index in [2.05, 4.69) is 31.1 Å². The van der Waals surface area contributed by atoms with Crippen molar-refractivity contribution >= 4 is 11.8 Å². The average molecular weight is 222 g/mol. The molecule has 0 radical (unpaired) electrons. The third kappa shape index (κ3) is 3.53. The first-order chi connectivity index (χ1) is 7.43. The Kier molecular flexibility index (Phi) is 3.88. The quantitative estimate of drug-likeness (QED) is 0.837. The van der Waals surface area contributed by atoms with E-state index in [9.17, 15) is 4.79 Å². The number of carbonyl (C=O) groups excluding carboxylic acids is 1. The maximum absolute atomic E-state index is 11.2. The van der Waals surface area contributed by atoms with Crippen LogP contribution in [0, 0.1) is 0 Å². The lowest BCUT2D eigenvalue weighted by Crippen LogP contribution is -2.16. The van der Waals surface area contributed by atoms with Gasteiger partial charge in [0.1, 0.15) is 0 Å². The fraction of sp³-hybridized carbons (Fsp3) is 0.500. The summed E-state index contributed by atoms with van der Waals surface area (Å²) in [6, 6.07) is 3.60. The van der Waals surface area contributed by atoms with Crippen LogP contribution in [0.5, 0.6) is 0 Å². The third-order valence-corrected chi connectivity index (χ3v) is 2.05. The molecule has 1 aromatic heterocycles. The van der Waals surface area contributed by atoms with Crippen LogP contribution >= 0.6 is 0 Å². The van der Waals surface area contributed by atoms with Crippen LogP contribution in [0.2, 0.25) is 0 Å². The van der Waals surface area contributed by atoms with Crippen LogP contribution in [0.1, 0.15) is 33.4 Å². The molecule has 1 aromatic rings. The first-order valence-corrected chi connectivity index (χ1v) is 5.34. The minimum Gasteiger partial charge on any atom is -0.450 e. The van der Waals surface area contributed by atoms with Gasteiger partial charge < -0.3 is 4.74 Å². The van der Waals surface area contributed by atoms with E-state index >= 15 is 0 Å². The highest BCUT2D eigenvalue weighted by atomic mass is 16.5. The normalized spacial score (nSPS) is 11.0. The van der Waals surface area contributed by atoms with Crippen molar-refractivity contribution in [2.45, 2.75) is 33.1 Å². The molecular formula is C12H18N2O2. The molecule has 0 unspecified atom stereocenters. The molecule has 0 aliphatic heterocycles. The van der Waals surface area contributed by atoms with Crippen LogP contribution in [0.15, 0.2) is 18.3 Å². The van der Waals surface area contributed by atoms with Crippen LogP contribution in [0.4, 0.5) is 10.5 Å². The number of amides is 1. The van der Waals surface area contributed by atoms with Gasteiger partial charge in [0.25, 0.3) is 0 Å². The summed E-state index contributed by atoms with van der Waals surface area (Å²) >= 11 is 0. The predicted molar refractivity (Wildman–Crippen MR) is 63.6 cm³/mol. The number of hydrogen-bond donors (Lipinski definition) is 1. The summed E-state index contributed by atoms with van der Waals surface area (Å²) in [4.78, 5) is 15.5. The highest BCUT2D eigenvalue weighted by Gasteiger charge is 2.15. The van der Waals surface area contributed by atoms with Crippen molar-refractivity contribution in [1.82, 2.24) is 4.98 Å². The second-order valence-electron chi connectivity index (χ2n) is 4.53. The molecule has 0 aliphatic rings. The second-order valence-corrected chi connectivity index (χ2v) is 4.53. The zero-order valence-electron chi connectivity index (χ0n) is 10.2. The standard InChI is InChI=1S/C12H18N2O2/c1-5-16-11(15)14-9-6-7-13-10(8-9)12(2,3)4/h6-8H,5H2,1-4H3,(H,13,14,15). The molecule has 0 bridgehead atoms. The van der Waals surface area contributed by atoms with E-state index in [0.29, 0.717) is 12.3 Å². The number of anilines is 1. The van der Waals surface area contributed by atoms with E-state index in [1.165, 1.54) is 0 Å². The van der Waals surface area contributed by atoms with Crippen molar-refractivity contribution in [3.8, 4) is 0 Å². The Hall–Kier alpha value is -1.58. The summed E-state index contributed by atoms with van der Waals surface area (Å²) in [5.74, 6) is 0. The van der Waals surface area contributed by atoms with Crippen LogP contribution in [-0.4, -0.2) is 17.7 Å². The summed E-state index contributed by atoms with van der Waals surface area (Å²) < 4.78 is 4.80. The van der Waals surface area contributed by atoms with Crippen molar-refractivity contribution < 1.29 is 9.53 Å². The fourth-order valence-corrected chi connectivity index (χ4v) is 1.20. The van der Waals surface area contributed by atoms with Gasteiger partial charge in [-0.2, -0.15) is 0 Å². The molecule has 0 saturated heterocycles. The molecule has 1 heterocycles. The van der Waals surface area contributed by atoms with Crippen molar-refractivity contribution in [3.63, 3.8) is 0 Å². The summed E-state index contributed by atoms with van der Waals surface area (Å²) in [5, 5.41) is 2.65.